The number of aliphatic hydroxyl groups is 2. The van der Waals surface area contributed by atoms with Crippen molar-refractivity contribution in [2.45, 2.75) is 80.5 Å². The van der Waals surface area contributed by atoms with Crippen LogP contribution in [0, 0.1) is 0 Å². The number of carbonyl (C=O) groups is 5. The highest BCUT2D eigenvalue weighted by Crippen LogP contribution is 2.65. The molecule has 0 radical (unpaired) electrons. The lowest BCUT2D eigenvalue weighted by molar-refractivity contribution is -0.179. The number of carbonyl (C=O) groups excluding carboxylic acids is 3. The predicted molar refractivity (Wildman–Crippen MR) is 144 cm³/mol. The SMILES string of the molecule is COc1ccc2c3c1O[C@H]1C(OC(=O)[C@@H](O)CC(=O)O[C@@H](C)C(=O)O[C@H](CC(=O)O)C(=O)O)=CC[C@@]4(O)[C@H](C2)N(C)CC[C@]314. The molecule has 0 saturated carbocycles. The maximum absolute atomic E-state index is 13.0. The van der Waals surface area contributed by atoms with Gasteiger partial charge in [0.05, 0.1) is 31.0 Å². The fraction of sp³-hybridized carbons (Fsp3) is 0.552. The average Bonchev–Trinajstić information content (AvgIpc) is 3.31. The number of carboxylic acids is 2. The first-order valence-corrected chi connectivity index (χ1v) is 14.0. The van der Waals surface area contributed by atoms with Gasteiger partial charge < -0.3 is 49.0 Å². The minimum atomic E-state index is -2.02. The van der Waals surface area contributed by atoms with Gasteiger partial charge in [0, 0.05) is 18.0 Å². The standard InChI is InChI=1S/C29H33NO14/c1-13(26(37)43-18(25(35)36)12-20(32)33)41-21(34)11-15(31)27(38)42-17-6-7-29(39)19-10-14-4-5-16(40-3)23-22(14)28(29,24(17)44-23)8-9-30(19)2/h4-6,13,15,18-19,24,31,39H,7-12H2,1-3H3,(H,32,33)(H,35,36)/t13-,15-,18+,19-,24-,28-,29+/m0/s1. The summed E-state index contributed by atoms with van der Waals surface area (Å²) in [6.07, 6.45) is -5.79. The number of esters is 3. The van der Waals surface area contributed by atoms with E-state index in [1.54, 1.807) is 12.1 Å². The average molecular weight is 620 g/mol. The molecule has 1 spiro atoms. The van der Waals surface area contributed by atoms with E-state index >= 15 is 0 Å². The Kier molecular flexibility index (Phi) is 8.07. The molecule has 44 heavy (non-hydrogen) atoms. The summed E-state index contributed by atoms with van der Waals surface area (Å²) in [5.74, 6) is -6.00. The zero-order chi connectivity index (χ0) is 32.1. The van der Waals surface area contributed by atoms with E-state index in [4.69, 9.17) is 29.2 Å². The quantitative estimate of drug-likeness (QED) is 0.184. The molecule has 2 heterocycles. The van der Waals surface area contributed by atoms with Crippen LogP contribution in [0.1, 0.15) is 43.7 Å². The number of carboxylic acid groups (broad SMARTS) is 2. The Hall–Kier alpha value is -4.21. The molecule has 0 amide bonds. The van der Waals surface area contributed by atoms with Gasteiger partial charge in [-0.25, -0.2) is 14.4 Å². The van der Waals surface area contributed by atoms with Crippen molar-refractivity contribution in [3.8, 4) is 11.5 Å². The van der Waals surface area contributed by atoms with E-state index in [1.807, 2.05) is 13.1 Å². The molecule has 2 aliphatic carbocycles. The summed E-state index contributed by atoms with van der Waals surface area (Å²) in [6, 6.07) is 3.50. The number of rotatable bonds is 11. The molecule has 4 N–H and O–H groups in total. The molecule has 1 aromatic rings. The lowest BCUT2D eigenvalue weighted by Crippen LogP contribution is -2.74. The smallest absolute Gasteiger partial charge is 0.348 e. The topological polar surface area (TPSA) is 216 Å². The third-order valence-corrected chi connectivity index (χ3v) is 8.94. The first kappa shape index (κ1) is 31.2. The van der Waals surface area contributed by atoms with Gasteiger partial charge in [-0.3, -0.25) is 9.59 Å². The maximum atomic E-state index is 13.0. The summed E-state index contributed by atoms with van der Waals surface area (Å²) in [4.78, 5) is 61.5. The number of ether oxygens (including phenoxy) is 5. The molecule has 5 rings (SSSR count). The number of methoxy groups -OCH3 is 1. The molecule has 15 heteroatoms. The van der Waals surface area contributed by atoms with Crippen molar-refractivity contribution in [3.63, 3.8) is 0 Å². The minimum Gasteiger partial charge on any atom is -0.493 e. The fourth-order valence-electron chi connectivity index (χ4n) is 6.88. The lowest BCUT2D eigenvalue weighted by Gasteiger charge is -2.61. The third kappa shape index (κ3) is 4.94. The van der Waals surface area contributed by atoms with E-state index in [0.29, 0.717) is 30.9 Å². The van der Waals surface area contributed by atoms with Crippen LogP contribution in [0.15, 0.2) is 24.0 Å². The van der Waals surface area contributed by atoms with Gasteiger partial charge in [0.25, 0.3) is 0 Å². The van der Waals surface area contributed by atoms with E-state index < -0.39 is 78.1 Å². The van der Waals surface area contributed by atoms with Crippen LogP contribution in [0.3, 0.4) is 0 Å². The predicted octanol–water partition coefficient (Wildman–Crippen LogP) is -0.330. The largest absolute Gasteiger partial charge is 0.493 e. The first-order valence-electron chi connectivity index (χ1n) is 14.0. The Morgan fingerprint density at radius 1 is 1.11 bits per heavy atom. The molecule has 1 fully saturated rings. The van der Waals surface area contributed by atoms with Gasteiger partial charge in [0.15, 0.2) is 29.8 Å². The van der Waals surface area contributed by atoms with Crippen LogP contribution in [-0.4, -0.2) is 112 Å². The molecule has 15 nitrogen and oxygen atoms in total. The highest BCUT2D eigenvalue weighted by molar-refractivity contribution is 5.86. The van der Waals surface area contributed by atoms with Crippen LogP contribution < -0.4 is 9.47 Å². The van der Waals surface area contributed by atoms with Gasteiger partial charge in [-0.2, -0.15) is 0 Å². The summed E-state index contributed by atoms with van der Waals surface area (Å²) >= 11 is 0. The number of piperidine rings is 1. The summed E-state index contributed by atoms with van der Waals surface area (Å²) in [6.45, 7) is 1.69. The number of likely N-dealkylation sites (N-methyl/N-ethyl adjacent to an activating group) is 1. The highest BCUT2D eigenvalue weighted by Gasteiger charge is 2.72. The van der Waals surface area contributed by atoms with Gasteiger partial charge in [0.1, 0.15) is 5.76 Å². The van der Waals surface area contributed by atoms with Crippen molar-refractivity contribution in [2.24, 2.45) is 0 Å². The summed E-state index contributed by atoms with van der Waals surface area (Å²) in [5, 5.41) is 40.5. The van der Waals surface area contributed by atoms with Crippen molar-refractivity contribution >= 4 is 29.8 Å². The van der Waals surface area contributed by atoms with Gasteiger partial charge in [-0.05, 0) is 51.1 Å². The molecule has 7 atom stereocenters. The van der Waals surface area contributed by atoms with Crippen molar-refractivity contribution < 1.29 is 68.1 Å². The third-order valence-electron chi connectivity index (χ3n) is 8.94. The molecular weight excluding hydrogens is 586 g/mol. The molecule has 238 valence electrons. The summed E-state index contributed by atoms with van der Waals surface area (Å²) in [5.41, 5.74) is -0.401. The van der Waals surface area contributed by atoms with E-state index in [9.17, 15) is 34.2 Å². The number of benzene rings is 1. The first-order chi connectivity index (χ1) is 20.7. The molecule has 2 aliphatic heterocycles. The lowest BCUT2D eigenvalue weighted by atomic mass is 9.50. The van der Waals surface area contributed by atoms with E-state index in [-0.39, 0.29) is 18.2 Å². The van der Waals surface area contributed by atoms with Gasteiger partial charge in [0.2, 0.25) is 6.10 Å². The van der Waals surface area contributed by atoms with Crippen molar-refractivity contribution in [3.05, 3.63) is 35.1 Å². The number of hydrogen-bond acceptors (Lipinski definition) is 13. The van der Waals surface area contributed by atoms with Crippen LogP contribution in [0.25, 0.3) is 0 Å². The second-order valence-corrected chi connectivity index (χ2v) is 11.4. The summed E-state index contributed by atoms with van der Waals surface area (Å²) < 4.78 is 26.9. The second kappa shape index (κ2) is 11.4. The van der Waals surface area contributed by atoms with Gasteiger partial charge in [-0.1, -0.05) is 6.07 Å². The Morgan fingerprint density at radius 2 is 1.84 bits per heavy atom. The number of aliphatic carboxylic acids is 2. The number of aliphatic hydroxyl groups excluding tert-OH is 1. The van der Waals surface area contributed by atoms with Crippen molar-refractivity contribution in [1.29, 1.82) is 0 Å². The maximum Gasteiger partial charge on any atom is 0.348 e. The minimum absolute atomic E-state index is 0.0663. The number of likely N-dealkylation sites (tertiary alicyclic amines) is 1. The molecule has 1 aromatic carbocycles. The zero-order valence-corrected chi connectivity index (χ0v) is 24.2. The van der Waals surface area contributed by atoms with Crippen molar-refractivity contribution in [1.82, 2.24) is 4.90 Å². The van der Waals surface area contributed by atoms with Crippen LogP contribution in [0.5, 0.6) is 11.5 Å². The van der Waals surface area contributed by atoms with Gasteiger partial charge in [-0.15, -0.1) is 0 Å². The van der Waals surface area contributed by atoms with Crippen LogP contribution >= 0.6 is 0 Å². The van der Waals surface area contributed by atoms with E-state index in [0.717, 1.165) is 18.1 Å². The molecule has 2 bridgehead atoms. The molecule has 0 unspecified atom stereocenters. The zero-order valence-electron chi connectivity index (χ0n) is 24.2. The number of hydrogen-bond donors (Lipinski definition) is 4. The molecule has 0 aromatic heterocycles. The molecule has 1 saturated heterocycles. The van der Waals surface area contributed by atoms with Crippen molar-refractivity contribution in [2.75, 3.05) is 20.7 Å². The Bertz CT molecular complexity index is 1440. The normalized spacial score (nSPS) is 28.2. The number of nitrogens with zero attached hydrogens (tertiary/aromatic N) is 1. The Morgan fingerprint density at radius 3 is 2.50 bits per heavy atom. The second-order valence-electron chi connectivity index (χ2n) is 11.4. The fourth-order valence-corrected chi connectivity index (χ4v) is 6.88. The Balaban J connectivity index is 1.28. The van der Waals surface area contributed by atoms with Crippen LogP contribution in [0.4, 0.5) is 0 Å². The van der Waals surface area contributed by atoms with E-state index in [2.05, 4.69) is 9.64 Å². The van der Waals surface area contributed by atoms with Gasteiger partial charge >= 0.3 is 29.8 Å². The van der Waals surface area contributed by atoms with Crippen LogP contribution in [-0.2, 0) is 50.0 Å². The molecular formula is C29H33NO14. The highest BCUT2D eigenvalue weighted by atomic mass is 16.6. The van der Waals surface area contributed by atoms with Crippen LogP contribution in [0.2, 0.25) is 0 Å². The monoisotopic (exact) mass is 619 g/mol. The Labute approximate surface area is 250 Å². The molecule has 4 aliphatic rings. The summed E-state index contributed by atoms with van der Waals surface area (Å²) in [7, 11) is 3.45. The van der Waals surface area contributed by atoms with E-state index in [1.165, 1.54) is 7.11 Å².